The average Bonchev–Trinajstić information content (AvgIpc) is 2.38. The smallest absolute Gasteiger partial charge is 0.0747 e. The second kappa shape index (κ2) is 6.27. The Bertz CT molecular complexity index is 530. The van der Waals surface area contributed by atoms with Gasteiger partial charge in [0.1, 0.15) is 0 Å². The second-order valence-electron chi connectivity index (χ2n) is 4.23. The number of likely N-dealkylation sites (N-methyl/N-ethyl adjacent to an activating group) is 1. The summed E-state index contributed by atoms with van der Waals surface area (Å²) >= 11 is 3.54. The van der Waals surface area contributed by atoms with Crippen molar-refractivity contribution < 1.29 is 5.11 Å². The molecule has 0 saturated heterocycles. The van der Waals surface area contributed by atoms with Crippen LogP contribution in [0.2, 0.25) is 0 Å². The van der Waals surface area contributed by atoms with E-state index in [2.05, 4.69) is 50.9 Å². The van der Waals surface area contributed by atoms with Crippen LogP contribution < -0.4 is 0 Å². The van der Waals surface area contributed by atoms with Crippen molar-refractivity contribution in [1.29, 1.82) is 0 Å². The molecule has 0 radical (unpaired) electrons. The van der Waals surface area contributed by atoms with E-state index in [1.54, 1.807) is 0 Å². The number of halogens is 1. The molecule has 1 heterocycles. The molecule has 4 heteroatoms. The number of nitrogens with zero attached hydrogens (tertiary/aromatic N) is 2. The maximum Gasteiger partial charge on any atom is 0.0747 e. The highest BCUT2D eigenvalue weighted by molar-refractivity contribution is 9.10. The fourth-order valence-electron chi connectivity index (χ4n) is 2.08. The third-order valence-electron chi connectivity index (χ3n) is 3.01. The monoisotopic (exact) mass is 308 g/mol. The number of hydrogen-bond donors (Lipinski definition) is 1. The molecule has 1 N–H and O–H groups in total. The molecular formula is C14H17BrN2O. The molecule has 0 unspecified atom stereocenters. The standard InChI is InChI=1S/C14H17BrN2O/c1-2-17(6-7-18)10-12-9-13(15)8-11-4-3-5-16-14(11)12/h3-5,8-9,18H,2,6-7,10H2,1H3. The summed E-state index contributed by atoms with van der Waals surface area (Å²) < 4.78 is 1.07. The third-order valence-corrected chi connectivity index (χ3v) is 3.46. The number of aromatic nitrogens is 1. The zero-order chi connectivity index (χ0) is 13.0. The molecule has 2 rings (SSSR count). The number of aliphatic hydroxyl groups excluding tert-OH is 1. The molecule has 0 atom stereocenters. The van der Waals surface area contributed by atoms with Crippen LogP contribution in [0.5, 0.6) is 0 Å². The Morgan fingerprint density at radius 1 is 1.39 bits per heavy atom. The van der Waals surface area contributed by atoms with Crippen LogP contribution in [0.25, 0.3) is 10.9 Å². The molecule has 96 valence electrons. The van der Waals surface area contributed by atoms with E-state index in [1.165, 1.54) is 5.56 Å². The van der Waals surface area contributed by atoms with Crippen molar-refractivity contribution in [3.05, 3.63) is 40.5 Å². The normalized spacial score (nSPS) is 11.3. The number of hydrogen-bond acceptors (Lipinski definition) is 3. The molecule has 0 aliphatic rings. The molecule has 18 heavy (non-hydrogen) atoms. The Morgan fingerprint density at radius 2 is 2.22 bits per heavy atom. The predicted octanol–water partition coefficient (Wildman–Crippen LogP) is 2.81. The van der Waals surface area contributed by atoms with Gasteiger partial charge in [-0.3, -0.25) is 9.88 Å². The summed E-state index contributed by atoms with van der Waals surface area (Å²) in [5.74, 6) is 0. The van der Waals surface area contributed by atoms with Crippen molar-refractivity contribution in [2.45, 2.75) is 13.5 Å². The predicted molar refractivity (Wildman–Crippen MR) is 77.5 cm³/mol. The Kier molecular flexibility index (Phi) is 4.69. The van der Waals surface area contributed by atoms with Crippen molar-refractivity contribution in [2.75, 3.05) is 19.7 Å². The minimum atomic E-state index is 0.188. The Labute approximate surface area is 116 Å². The van der Waals surface area contributed by atoms with Crippen molar-refractivity contribution in [2.24, 2.45) is 0 Å². The van der Waals surface area contributed by atoms with E-state index in [4.69, 9.17) is 5.11 Å². The van der Waals surface area contributed by atoms with Crippen molar-refractivity contribution >= 4 is 26.8 Å². The summed E-state index contributed by atoms with van der Waals surface area (Å²) in [6.45, 7) is 4.71. The lowest BCUT2D eigenvalue weighted by atomic mass is 10.1. The lowest BCUT2D eigenvalue weighted by Crippen LogP contribution is -2.26. The Balaban J connectivity index is 2.37. The summed E-state index contributed by atoms with van der Waals surface area (Å²) in [5, 5.41) is 10.2. The van der Waals surface area contributed by atoms with Crippen LogP contribution in [0.1, 0.15) is 12.5 Å². The summed E-state index contributed by atoms with van der Waals surface area (Å²) in [6, 6.07) is 8.20. The molecular weight excluding hydrogens is 292 g/mol. The van der Waals surface area contributed by atoms with Crippen LogP contribution in [0.15, 0.2) is 34.9 Å². The lowest BCUT2D eigenvalue weighted by molar-refractivity contribution is 0.197. The van der Waals surface area contributed by atoms with Gasteiger partial charge in [0, 0.05) is 29.1 Å². The highest BCUT2D eigenvalue weighted by Gasteiger charge is 2.08. The highest BCUT2D eigenvalue weighted by Crippen LogP contribution is 2.23. The summed E-state index contributed by atoms with van der Waals surface area (Å²) in [5.41, 5.74) is 2.23. The van der Waals surface area contributed by atoms with Gasteiger partial charge >= 0.3 is 0 Å². The van der Waals surface area contributed by atoms with Crippen LogP contribution in [0.3, 0.4) is 0 Å². The quantitative estimate of drug-likeness (QED) is 0.922. The van der Waals surface area contributed by atoms with E-state index in [-0.39, 0.29) is 6.61 Å². The van der Waals surface area contributed by atoms with Gasteiger partial charge in [0.05, 0.1) is 12.1 Å². The SMILES string of the molecule is CCN(CCO)Cc1cc(Br)cc2cccnc12. The average molecular weight is 309 g/mol. The third kappa shape index (κ3) is 3.07. The molecule has 3 nitrogen and oxygen atoms in total. The van der Waals surface area contributed by atoms with Gasteiger partial charge in [-0.25, -0.2) is 0 Å². The molecule has 1 aromatic heterocycles. The zero-order valence-corrected chi connectivity index (χ0v) is 12.0. The first-order valence-electron chi connectivity index (χ1n) is 6.11. The molecule has 2 aromatic rings. The molecule has 1 aromatic carbocycles. The lowest BCUT2D eigenvalue weighted by Gasteiger charge is -2.20. The maximum absolute atomic E-state index is 9.05. The number of aliphatic hydroxyl groups is 1. The minimum absolute atomic E-state index is 0.188. The largest absolute Gasteiger partial charge is 0.395 e. The topological polar surface area (TPSA) is 36.4 Å². The van der Waals surface area contributed by atoms with Gasteiger partial charge in [0.2, 0.25) is 0 Å². The summed E-state index contributed by atoms with van der Waals surface area (Å²) in [7, 11) is 0. The van der Waals surface area contributed by atoms with Gasteiger partial charge < -0.3 is 5.11 Å². The van der Waals surface area contributed by atoms with E-state index in [0.29, 0.717) is 6.54 Å². The van der Waals surface area contributed by atoms with Gasteiger partial charge in [-0.2, -0.15) is 0 Å². The Hall–Kier alpha value is -0.970. The Morgan fingerprint density at radius 3 is 2.94 bits per heavy atom. The van der Waals surface area contributed by atoms with E-state index >= 15 is 0 Å². The molecule has 0 amide bonds. The number of benzene rings is 1. The first-order chi connectivity index (χ1) is 8.74. The van der Waals surface area contributed by atoms with Crippen molar-refractivity contribution in [3.8, 4) is 0 Å². The fraction of sp³-hybridized carbons (Fsp3) is 0.357. The van der Waals surface area contributed by atoms with Crippen LogP contribution in [-0.4, -0.2) is 34.7 Å². The van der Waals surface area contributed by atoms with E-state index < -0.39 is 0 Å². The molecule has 0 aliphatic carbocycles. The first kappa shape index (κ1) is 13.5. The van der Waals surface area contributed by atoms with E-state index in [1.807, 2.05) is 12.3 Å². The maximum atomic E-state index is 9.05. The van der Waals surface area contributed by atoms with Crippen molar-refractivity contribution in [1.82, 2.24) is 9.88 Å². The van der Waals surface area contributed by atoms with E-state index in [0.717, 1.165) is 28.5 Å². The van der Waals surface area contributed by atoms with Crippen molar-refractivity contribution in [3.63, 3.8) is 0 Å². The number of rotatable bonds is 5. The van der Waals surface area contributed by atoms with Gasteiger partial charge in [0.25, 0.3) is 0 Å². The highest BCUT2D eigenvalue weighted by atomic mass is 79.9. The van der Waals surface area contributed by atoms with Gasteiger partial charge in [-0.15, -0.1) is 0 Å². The minimum Gasteiger partial charge on any atom is -0.395 e. The van der Waals surface area contributed by atoms with Gasteiger partial charge in [0.15, 0.2) is 0 Å². The molecule has 0 bridgehead atoms. The first-order valence-corrected chi connectivity index (χ1v) is 6.90. The van der Waals surface area contributed by atoms with Crippen LogP contribution in [0.4, 0.5) is 0 Å². The van der Waals surface area contributed by atoms with Crippen LogP contribution in [0, 0.1) is 0 Å². The van der Waals surface area contributed by atoms with Gasteiger partial charge in [-0.05, 0) is 30.3 Å². The van der Waals surface area contributed by atoms with Crippen LogP contribution in [-0.2, 0) is 6.54 Å². The number of pyridine rings is 1. The second-order valence-corrected chi connectivity index (χ2v) is 5.15. The zero-order valence-electron chi connectivity index (χ0n) is 10.4. The molecule has 0 spiro atoms. The fourth-order valence-corrected chi connectivity index (χ4v) is 2.60. The summed E-state index contributed by atoms with van der Waals surface area (Å²) in [4.78, 5) is 6.66. The molecule has 0 saturated carbocycles. The van der Waals surface area contributed by atoms with Gasteiger partial charge in [-0.1, -0.05) is 28.9 Å². The van der Waals surface area contributed by atoms with E-state index in [9.17, 15) is 0 Å². The summed E-state index contributed by atoms with van der Waals surface area (Å²) in [6.07, 6.45) is 1.82. The molecule has 0 aliphatic heterocycles. The molecule has 0 fully saturated rings. The number of fused-ring (bicyclic) bond motifs is 1. The van der Waals surface area contributed by atoms with Crippen LogP contribution >= 0.6 is 15.9 Å².